The van der Waals surface area contributed by atoms with Crippen LogP contribution in [0.25, 0.3) is 0 Å². The maximum atomic E-state index is 13.0. The number of ether oxygens (including phenoxy) is 1. The molecule has 1 aromatic heterocycles. The molecule has 0 aliphatic rings. The number of para-hydroxylation sites is 1. The van der Waals surface area contributed by atoms with Gasteiger partial charge in [0.2, 0.25) is 0 Å². The average molecular weight is 285 g/mol. The summed E-state index contributed by atoms with van der Waals surface area (Å²) < 4.78 is 53.5. The lowest BCUT2D eigenvalue weighted by atomic mass is 10.0. The molecule has 0 fully saturated rings. The van der Waals surface area contributed by atoms with Crippen molar-refractivity contribution in [1.82, 2.24) is 4.98 Å². The molecule has 0 spiro atoms. The number of alkyl halides is 3. The molecular weight excluding hydrogens is 278 g/mol. The fourth-order valence-corrected chi connectivity index (χ4v) is 1.56. The van der Waals surface area contributed by atoms with Crippen molar-refractivity contribution >= 4 is 5.78 Å². The number of pyridine rings is 1. The van der Waals surface area contributed by atoms with Gasteiger partial charge in [-0.15, -0.1) is 13.2 Å². The van der Waals surface area contributed by atoms with Crippen LogP contribution in [0.1, 0.15) is 15.9 Å². The highest BCUT2D eigenvalue weighted by atomic mass is 19.4. The van der Waals surface area contributed by atoms with Crippen molar-refractivity contribution < 1.29 is 27.1 Å². The van der Waals surface area contributed by atoms with Crippen LogP contribution in [0.4, 0.5) is 17.6 Å². The number of carbonyl (C=O) groups is 1. The number of halogens is 4. The van der Waals surface area contributed by atoms with Gasteiger partial charge in [-0.1, -0.05) is 12.1 Å². The van der Waals surface area contributed by atoms with Crippen molar-refractivity contribution in [2.75, 3.05) is 0 Å². The van der Waals surface area contributed by atoms with Crippen LogP contribution in [0.3, 0.4) is 0 Å². The zero-order chi connectivity index (χ0) is 14.8. The first-order chi connectivity index (χ1) is 9.37. The molecular formula is C13H7F4NO2. The lowest BCUT2D eigenvalue weighted by Gasteiger charge is -2.12. The Morgan fingerprint density at radius 1 is 1.15 bits per heavy atom. The van der Waals surface area contributed by atoms with E-state index in [1.807, 2.05) is 0 Å². The van der Waals surface area contributed by atoms with Crippen molar-refractivity contribution in [3.8, 4) is 5.75 Å². The number of rotatable bonds is 3. The standard InChI is InChI=1S/C13H7F4NO2/c14-9-5-8(6-18-7-9)12(19)10-3-1-2-4-11(10)20-13(15,16)17/h1-7H. The summed E-state index contributed by atoms with van der Waals surface area (Å²) in [6.07, 6.45) is -2.97. The minimum absolute atomic E-state index is 0.164. The van der Waals surface area contributed by atoms with Gasteiger partial charge in [0.15, 0.2) is 5.78 Å². The normalized spacial score (nSPS) is 11.2. The summed E-state index contributed by atoms with van der Waals surface area (Å²) in [4.78, 5) is 15.5. The van der Waals surface area contributed by atoms with Crippen LogP contribution in [0.2, 0.25) is 0 Å². The molecule has 2 aromatic rings. The Hall–Kier alpha value is -2.44. The van der Waals surface area contributed by atoms with Crippen molar-refractivity contribution in [1.29, 1.82) is 0 Å². The molecule has 0 aliphatic heterocycles. The van der Waals surface area contributed by atoms with E-state index in [0.29, 0.717) is 0 Å². The third kappa shape index (κ3) is 3.31. The number of benzene rings is 1. The average Bonchev–Trinajstić information content (AvgIpc) is 2.37. The van der Waals surface area contributed by atoms with E-state index in [1.54, 1.807) is 0 Å². The number of hydrogen-bond donors (Lipinski definition) is 0. The Labute approximate surface area is 110 Å². The van der Waals surface area contributed by atoms with Gasteiger partial charge in [0, 0.05) is 11.8 Å². The molecule has 7 heteroatoms. The summed E-state index contributed by atoms with van der Waals surface area (Å²) in [6.45, 7) is 0. The highest BCUT2D eigenvalue weighted by molar-refractivity contribution is 6.10. The number of carbonyl (C=O) groups excluding carboxylic acids is 1. The number of nitrogens with zero attached hydrogens (tertiary/aromatic N) is 1. The van der Waals surface area contributed by atoms with Crippen molar-refractivity contribution in [2.24, 2.45) is 0 Å². The lowest BCUT2D eigenvalue weighted by molar-refractivity contribution is -0.274. The SMILES string of the molecule is O=C(c1cncc(F)c1)c1ccccc1OC(F)(F)F. The van der Waals surface area contributed by atoms with E-state index in [-0.39, 0.29) is 11.1 Å². The van der Waals surface area contributed by atoms with Gasteiger partial charge < -0.3 is 4.74 Å². The maximum absolute atomic E-state index is 13.0. The largest absolute Gasteiger partial charge is 0.573 e. The first-order valence-electron chi connectivity index (χ1n) is 5.37. The molecule has 0 atom stereocenters. The first-order valence-corrected chi connectivity index (χ1v) is 5.37. The summed E-state index contributed by atoms with van der Waals surface area (Å²) >= 11 is 0. The molecule has 1 heterocycles. The van der Waals surface area contributed by atoms with Crippen molar-refractivity contribution in [3.05, 3.63) is 59.7 Å². The van der Waals surface area contributed by atoms with E-state index in [9.17, 15) is 22.4 Å². The van der Waals surface area contributed by atoms with Crippen LogP contribution in [0.5, 0.6) is 5.75 Å². The van der Waals surface area contributed by atoms with Gasteiger partial charge in [-0.3, -0.25) is 9.78 Å². The third-order valence-electron chi connectivity index (χ3n) is 2.32. The molecule has 0 saturated carbocycles. The van der Waals surface area contributed by atoms with Crippen molar-refractivity contribution in [2.45, 2.75) is 6.36 Å². The Morgan fingerprint density at radius 2 is 1.85 bits per heavy atom. The van der Waals surface area contributed by atoms with E-state index in [4.69, 9.17) is 0 Å². The van der Waals surface area contributed by atoms with E-state index in [0.717, 1.165) is 30.6 Å². The number of aromatic nitrogens is 1. The Balaban J connectivity index is 2.40. The summed E-state index contributed by atoms with van der Waals surface area (Å²) in [6, 6.07) is 5.73. The lowest BCUT2D eigenvalue weighted by Crippen LogP contribution is -2.19. The van der Waals surface area contributed by atoms with E-state index in [1.165, 1.54) is 12.1 Å². The zero-order valence-corrected chi connectivity index (χ0v) is 9.82. The van der Waals surface area contributed by atoms with Crippen LogP contribution in [0, 0.1) is 5.82 Å². The van der Waals surface area contributed by atoms with Crippen molar-refractivity contribution in [3.63, 3.8) is 0 Å². The monoisotopic (exact) mass is 285 g/mol. The molecule has 0 N–H and O–H groups in total. The topological polar surface area (TPSA) is 39.2 Å². The van der Waals surface area contributed by atoms with Crippen LogP contribution < -0.4 is 4.74 Å². The quantitative estimate of drug-likeness (QED) is 0.641. The molecule has 0 bridgehead atoms. The second kappa shape index (κ2) is 5.28. The van der Waals surface area contributed by atoms with Crippen LogP contribution in [-0.4, -0.2) is 17.1 Å². The van der Waals surface area contributed by atoms with E-state index >= 15 is 0 Å². The highest BCUT2D eigenvalue weighted by Crippen LogP contribution is 2.27. The Morgan fingerprint density at radius 3 is 2.50 bits per heavy atom. The summed E-state index contributed by atoms with van der Waals surface area (Å²) in [5, 5.41) is 0. The van der Waals surface area contributed by atoms with Crippen LogP contribution in [0.15, 0.2) is 42.7 Å². The number of ketones is 1. The predicted molar refractivity (Wildman–Crippen MR) is 60.8 cm³/mol. The van der Waals surface area contributed by atoms with Gasteiger partial charge in [0.25, 0.3) is 0 Å². The molecule has 0 aliphatic carbocycles. The smallest absolute Gasteiger partial charge is 0.405 e. The van der Waals surface area contributed by atoms with E-state index < -0.39 is 23.7 Å². The zero-order valence-electron chi connectivity index (χ0n) is 9.82. The Kier molecular flexibility index (Phi) is 3.69. The van der Waals surface area contributed by atoms with Gasteiger partial charge in [-0.25, -0.2) is 4.39 Å². The predicted octanol–water partition coefficient (Wildman–Crippen LogP) is 3.35. The molecule has 104 valence electrons. The van der Waals surface area contributed by atoms with Gasteiger partial charge >= 0.3 is 6.36 Å². The molecule has 3 nitrogen and oxygen atoms in total. The summed E-state index contributed by atoms with van der Waals surface area (Å²) in [7, 11) is 0. The van der Waals surface area contributed by atoms with Gasteiger partial charge in [0.1, 0.15) is 11.6 Å². The first kappa shape index (κ1) is 14.0. The van der Waals surface area contributed by atoms with Gasteiger partial charge in [0.05, 0.1) is 11.8 Å². The van der Waals surface area contributed by atoms with Crippen LogP contribution >= 0.6 is 0 Å². The molecule has 0 unspecified atom stereocenters. The second-order valence-corrected chi connectivity index (χ2v) is 3.76. The van der Waals surface area contributed by atoms with Gasteiger partial charge in [-0.2, -0.15) is 0 Å². The maximum Gasteiger partial charge on any atom is 0.573 e. The summed E-state index contributed by atoms with van der Waals surface area (Å²) in [5.41, 5.74) is -0.486. The fourth-order valence-electron chi connectivity index (χ4n) is 1.56. The molecule has 1 aromatic carbocycles. The Bertz CT molecular complexity index is 640. The van der Waals surface area contributed by atoms with Gasteiger partial charge in [-0.05, 0) is 18.2 Å². The molecule has 0 amide bonds. The minimum atomic E-state index is -4.92. The molecule has 2 rings (SSSR count). The summed E-state index contributed by atoms with van der Waals surface area (Å²) in [5.74, 6) is -2.21. The molecule has 0 saturated heterocycles. The molecule has 0 radical (unpaired) electrons. The minimum Gasteiger partial charge on any atom is -0.405 e. The fraction of sp³-hybridized carbons (Fsp3) is 0.0769. The second-order valence-electron chi connectivity index (χ2n) is 3.76. The third-order valence-corrected chi connectivity index (χ3v) is 2.32. The van der Waals surface area contributed by atoms with Crippen LogP contribution in [-0.2, 0) is 0 Å². The van der Waals surface area contributed by atoms with E-state index in [2.05, 4.69) is 9.72 Å². The molecule has 20 heavy (non-hydrogen) atoms. The number of hydrogen-bond acceptors (Lipinski definition) is 3. The highest BCUT2D eigenvalue weighted by Gasteiger charge is 2.33.